The van der Waals surface area contributed by atoms with Crippen molar-refractivity contribution in [3.8, 4) is 6.07 Å². The number of hydrogen-bond donors (Lipinski definition) is 2. The molecule has 2 N–H and O–H groups in total. The van der Waals surface area contributed by atoms with Gasteiger partial charge < -0.3 is 15.0 Å². The van der Waals surface area contributed by atoms with Crippen LogP contribution in [0.4, 0.5) is 0 Å². The Labute approximate surface area is 143 Å². The summed E-state index contributed by atoms with van der Waals surface area (Å²) in [5, 5.41) is 12.5. The van der Waals surface area contributed by atoms with Crippen LogP contribution in [0, 0.1) is 11.3 Å². The average molecular weight is 339 g/mol. The highest BCUT2D eigenvalue weighted by Gasteiger charge is 2.35. The first kappa shape index (κ1) is 16.7. The van der Waals surface area contributed by atoms with E-state index in [0.29, 0.717) is 23.7 Å². The molecular weight excluding hydrogens is 322 g/mol. The third-order valence-corrected chi connectivity index (χ3v) is 4.35. The first-order valence-electron chi connectivity index (χ1n) is 8.04. The number of ether oxygens (including phenoxy) is 1. The summed E-state index contributed by atoms with van der Waals surface area (Å²) in [6.45, 7) is -0.497. The van der Waals surface area contributed by atoms with Gasteiger partial charge in [-0.1, -0.05) is 18.2 Å². The van der Waals surface area contributed by atoms with Gasteiger partial charge in [-0.15, -0.1) is 0 Å². The van der Waals surface area contributed by atoms with E-state index in [1.807, 2.05) is 0 Å². The number of H-pyrrole nitrogens is 1. The normalized spacial score (nSPS) is 15.5. The number of nitriles is 1. The van der Waals surface area contributed by atoms with Gasteiger partial charge in [0.05, 0.1) is 11.6 Å². The van der Waals surface area contributed by atoms with E-state index in [-0.39, 0.29) is 5.56 Å². The summed E-state index contributed by atoms with van der Waals surface area (Å²) in [4.78, 5) is 38.6. The number of nitrogens with zero attached hydrogens (tertiary/aromatic N) is 1. The van der Waals surface area contributed by atoms with Gasteiger partial charge in [0, 0.05) is 17.0 Å². The van der Waals surface area contributed by atoms with E-state index in [2.05, 4.69) is 16.4 Å². The molecule has 0 saturated heterocycles. The average Bonchev–Trinajstić information content (AvgIpc) is 3.08. The molecule has 7 heteroatoms. The number of carbonyl (C=O) groups is 2. The number of carbonyl (C=O) groups excluding carboxylic acids is 2. The maximum Gasteiger partial charge on any atom is 0.339 e. The number of rotatable bonds is 4. The van der Waals surface area contributed by atoms with Gasteiger partial charge in [0.25, 0.3) is 5.91 Å². The maximum atomic E-state index is 12.3. The number of amides is 1. The molecule has 1 aliphatic rings. The van der Waals surface area contributed by atoms with Gasteiger partial charge in [-0.05, 0) is 31.7 Å². The molecule has 0 spiro atoms. The van der Waals surface area contributed by atoms with Gasteiger partial charge in [0.15, 0.2) is 6.61 Å². The Bertz CT molecular complexity index is 920. The number of aromatic nitrogens is 1. The summed E-state index contributed by atoms with van der Waals surface area (Å²) in [5.41, 5.74) is -0.673. The van der Waals surface area contributed by atoms with Crippen molar-refractivity contribution >= 4 is 22.8 Å². The summed E-state index contributed by atoms with van der Waals surface area (Å²) >= 11 is 0. The Kier molecular flexibility index (Phi) is 4.52. The third kappa shape index (κ3) is 3.53. The van der Waals surface area contributed by atoms with Crippen molar-refractivity contribution in [1.29, 1.82) is 5.26 Å². The number of hydrogen-bond acceptors (Lipinski definition) is 5. The zero-order valence-electron chi connectivity index (χ0n) is 13.5. The second-order valence-electron chi connectivity index (χ2n) is 6.12. The standard InChI is InChI=1S/C18H17N3O4/c19-11-18(7-3-4-8-18)21-16(23)10-25-17(24)13-9-15(22)20-14-6-2-1-5-12(13)14/h1-2,5-6,9H,3-4,7-8,10H2,(H,20,22)(H,21,23). The minimum absolute atomic E-state index is 0.100. The SMILES string of the molecule is N#CC1(NC(=O)COC(=O)c2cc(=O)[nH]c3ccccc23)CCCC1. The van der Waals surface area contributed by atoms with Crippen molar-refractivity contribution in [1.82, 2.24) is 10.3 Å². The molecule has 0 radical (unpaired) electrons. The lowest BCUT2D eigenvalue weighted by Crippen LogP contribution is -2.46. The second-order valence-corrected chi connectivity index (χ2v) is 6.12. The molecule has 0 bridgehead atoms. The fourth-order valence-corrected chi connectivity index (χ4v) is 3.13. The van der Waals surface area contributed by atoms with Crippen molar-refractivity contribution in [3.63, 3.8) is 0 Å². The fourth-order valence-electron chi connectivity index (χ4n) is 3.13. The molecule has 7 nitrogen and oxygen atoms in total. The predicted octanol–water partition coefficient (Wildman–Crippen LogP) is 1.64. The largest absolute Gasteiger partial charge is 0.452 e. The number of fused-ring (bicyclic) bond motifs is 1. The summed E-state index contributed by atoms with van der Waals surface area (Å²) in [6.07, 6.45) is 2.96. The van der Waals surface area contributed by atoms with E-state index in [0.717, 1.165) is 18.9 Å². The number of esters is 1. The first-order chi connectivity index (χ1) is 12.0. The fraction of sp³-hybridized carbons (Fsp3) is 0.333. The van der Waals surface area contributed by atoms with E-state index >= 15 is 0 Å². The Morgan fingerprint density at radius 2 is 2.00 bits per heavy atom. The molecule has 1 heterocycles. The van der Waals surface area contributed by atoms with E-state index < -0.39 is 29.6 Å². The zero-order valence-corrected chi connectivity index (χ0v) is 13.5. The molecule has 1 fully saturated rings. The first-order valence-corrected chi connectivity index (χ1v) is 8.04. The lowest BCUT2D eigenvalue weighted by Gasteiger charge is -2.21. The van der Waals surface area contributed by atoms with Crippen LogP contribution < -0.4 is 10.9 Å². The van der Waals surface area contributed by atoms with Crippen LogP contribution in [0.1, 0.15) is 36.0 Å². The molecular formula is C18H17N3O4. The van der Waals surface area contributed by atoms with Crippen molar-refractivity contribution in [3.05, 3.63) is 46.2 Å². The van der Waals surface area contributed by atoms with Gasteiger partial charge in [-0.2, -0.15) is 5.26 Å². The van der Waals surface area contributed by atoms with Crippen molar-refractivity contribution in [2.75, 3.05) is 6.61 Å². The van der Waals surface area contributed by atoms with Crippen molar-refractivity contribution < 1.29 is 14.3 Å². The van der Waals surface area contributed by atoms with E-state index in [1.54, 1.807) is 24.3 Å². The minimum atomic E-state index is -0.861. The van der Waals surface area contributed by atoms with Crippen LogP contribution in [0.3, 0.4) is 0 Å². The molecule has 1 amide bonds. The van der Waals surface area contributed by atoms with Crippen LogP contribution >= 0.6 is 0 Å². The summed E-state index contributed by atoms with van der Waals surface area (Å²) in [5.74, 6) is -1.28. The molecule has 25 heavy (non-hydrogen) atoms. The summed E-state index contributed by atoms with van der Waals surface area (Å²) < 4.78 is 5.04. The molecule has 1 aromatic carbocycles. The van der Waals surface area contributed by atoms with Crippen molar-refractivity contribution in [2.45, 2.75) is 31.2 Å². The minimum Gasteiger partial charge on any atom is -0.452 e. The van der Waals surface area contributed by atoms with E-state index in [4.69, 9.17) is 4.74 Å². The molecule has 0 aliphatic heterocycles. The highest BCUT2D eigenvalue weighted by molar-refractivity contribution is 6.03. The van der Waals surface area contributed by atoms with Gasteiger partial charge in [-0.25, -0.2) is 4.79 Å². The highest BCUT2D eigenvalue weighted by Crippen LogP contribution is 2.28. The van der Waals surface area contributed by atoms with Gasteiger partial charge in [0.1, 0.15) is 5.54 Å². The Morgan fingerprint density at radius 3 is 2.72 bits per heavy atom. The maximum absolute atomic E-state index is 12.3. The van der Waals surface area contributed by atoms with Crippen LogP contribution in [0.2, 0.25) is 0 Å². The Balaban J connectivity index is 1.70. The quantitative estimate of drug-likeness (QED) is 0.822. The lowest BCUT2D eigenvalue weighted by molar-refractivity contribution is -0.125. The van der Waals surface area contributed by atoms with Gasteiger partial charge >= 0.3 is 5.97 Å². The Morgan fingerprint density at radius 1 is 1.28 bits per heavy atom. The molecule has 0 unspecified atom stereocenters. The predicted molar refractivity (Wildman–Crippen MR) is 89.8 cm³/mol. The third-order valence-electron chi connectivity index (χ3n) is 4.35. The lowest BCUT2D eigenvalue weighted by atomic mass is 10.00. The van der Waals surface area contributed by atoms with Gasteiger partial charge in [0.2, 0.25) is 5.56 Å². The second kappa shape index (κ2) is 6.77. The van der Waals surface area contributed by atoms with Crippen molar-refractivity contribution in [2.24, 2.45) is 0 Å². The van der Waals surface area contributed by atoms with Crippen LogP contribution in [-0.4, -0.2) is 29.0 Å². The molecule has 3 rings (SSSR count). The molecule has 1 aromatic heterocycles. The van der Waals surface area contributed by atoms with Crippen LogP contribution in [-0.2, 0) is 9.53 Å². The zero-order chi connectivity index (χ0) is 17.9. The van der Waals surface area contributed by atoms with Gasteiger partial charge in [-0.3, -0.25) is 9.59 Å². The summed E-state index contributed by atoms with van der Waals surface area (Å²) in [6, 6.07) is 10.1. The topological polar surface area (TPSA) is 112 Å². The van der Waals surface area contributed by atoms with E-state index in [1.165, 1.54) is 0 Å². The number of benzene rings is 1. The smallest absolute Gasteiger partial charge is 0.339 e. The molecule has 0 atom stereocenters. The highest BCUT2D eigenvalue weighted by atomic mass is 16.5. The number of aromatic amines is 1. The number of pyridine rings is 1. The van der Waals surface area contributed by atoms with Crippen LogP contribution in [0.25, 0.3) is 10.9 Å². The molecule has 128 valence electrons. The summed E-state index contributed by atoms with van der Waals surface area (Å²) in [7, 11) is 0. The monoisotopic (exact) mass is 339 g/mol. The molecule has 2 aromatic rings. The Hall–Kier alpha value is -3.14. The number of nitrogens with one attached hydrogen (secondary N) is 2. The van der Waals surface area contributed by atoms with Crippen LogP contribution in [0.5, 0.6) is 0 Å². The molecule has 1 aliphatic carbocycles. The van der Waals surface area contributed by atoms with Crippen LogP contribution in [0.15, 0.2) is 35.1 Å². The number of para-hydroxylation sites is 1. The molecule has 1 saturated carbocycles. The van der Waals surface area contributed by atoms with E-state index in [9.17, 15) is 19.6 Å².